The largest absolute Gasteiger partial charge is 0.504 e. The summed E-state index contributed by atoms with van der Waals surface area (Å²) in [5.74, 6) is 1.78. The highest BCUT2D eigenvalue weighted by atomic mass is 16.5. The molecule has 0 heterocycles. The van der Waals surface area contributed by atoms with Gasteiger partial charge in [0, 0.05) is 6.04 Å². The number of carbonyl (C=O) groups excluding carboxylic acids is 1. The number of nitrogens with one attached hydrogen (secondary N) is 1. The molecule has 0 unspecified atom stereocenters. The Labute approximate surface area is 144 Å². The number of rotatable bonds is 6. The van der Waals surface area contributed by atoms with Crippen molar-refractivity contribution in [3.8, 4) is 11.5 Å². The second-order valence-corrected chi connectivity index (χ2v) is 6.99. The van der Waals surface area contributed by atoms with Crippen LogP contribution in [0.2, 0.25) is 0 Å². The molecule has 132 valence electrons. The Morgan fingerprint density at radius 2 is 2.04 bits per heavy atom. The average Bonchev–Trinajstić information content (AvgIpc) is 2.56. The first-order valence-corrected chi connectivity index (χ1v) is 8.81. The Bertz CT molecular complexity index is 572. The summed E-state index contributed by atoms with van der Waals surface area (Å²) in [7, 11) is 1.51. The Hall–Kier alpha value is -1.97. The van der Waals surface area contributed by atoms with Crippen molar-refractivity contribution >= 4 is 5.91 Å². The van der Waals surface area contributed by atoms with Gasteiger partial charge in [-0.1, -0.05) is 32.1 Å². The number of ether oxygens (including phenoxy) is 1. The fourth-order valence-corrected chi connectivity index (χ4v) is 3.13. The van der Waals surface area contributed by atoms with Gasteiger partial charge in [-0.15, -0.1) is 0 Å². The summed E-state index contributed by atoms with van der Waals surface area (Å²) < 4.78 is 5.08. The van der Waals surface area contributed by atoms with E-state index in [1.807, 2.05) is 0 Å². The van der Waals surface area contributed by atoms with E-state index in [9.17, 15) is 9.90 Å². The van der Waals surface area contributed by atoms with Crippen molar-refractivity contribution < 1.29 is 14.6 Å². The highest BCUT2D eigenvalue weighted by Crippen LogP contribution is 2.27. The first-order valence-electron chi connectivity index (χ1n) is 8.81. The number of hydrogen-bond acceptors (Lipinski definition) is 3. The second-order valence-electron chi connectivity index (χ2n) is 6.99. The summed E-state index contributed by atoms with van der Waals surface area (Å²) in [6, 6.07) is 5.31. The highest BCUT2D eigenvalue weighted by Gasteiger charge is 2.21. The van der Waals surface area contributed by atoms with Crippen LogP contribution in [0.3, 0.4) is 0 Å². The van der Waals surface area contributed by atoms with Crippen molar-refractivity contribution in [2.45, 2.75) is 52.0 Å². The lowest BCUT2D eigenvalue weighted by atomic mass is 9.85. The summed E-state index contributed by atoms with van der Waals surface area (Å²) in [6.07, 6.45) is 9.29. The predicted molar refractivity (Wildman–Crippen MR) is 96.2 cm³/mol. The first kappa shape index (κ1) is 18.4. The van der Waals surface area contributed by atoms with Gasteiger partial charge in [-0.3, -0.25) is 4.79 Å². The third-order valence-corrected chi connectivity index (χ3v) is 4.51. The minimum atomic E-state index is 0.0314. The van der Waals surface area contributed by atoms with Crippen LogP contribution in [0.25, 0.3) is 0 Å². The number of carbonyl (C=O) groups is 1. The van der Waals surface area contributed by atoms with Gasteiger partial charge >= 0.3 is 0 Å². The van der Waals surface area contributed by atoms with Crippen molar-refractivity contribution in [1.82, 2.24) is 5.32 Å². The van der Waals surface area contributed by atoms with Crippen molar-refractivity contribution in [2.75, 3.05) is 7.11 Å². The molecule has 0 saturated heterocycles. The van der Waals surface area contributed by atoms with Gasteiger partial charge in [-0.2, -0.15) is 0 Å². The number of methoxy groups -OCH3 is 1. The molecule has 0 bridgehead atoms. The molecular weight excluding hydrogens is 302 g/mol. The summed E-state index contributed by atoms with van der Waals surface area (Å²) in [4.78, 5) is 12.2. The van der Waals surface area contributed by atoms with E-state index in [1.54, 1.807) is 18.2 Å². The van der Waals surface area contributed by atoms with Crippen LogP contribution in [0, 0.1) is 11.8 Å². The minimum Gasteiger partial charge on any atom is -0.504 e. The lowest BCUT2D eigenvalue weighted by molar-refractivity contribution is -0.121. The topological polar surface area (TPSA) is 58.6 Å². The van der Waals surface area contributed by atoms with Gasteiger partial charge in [0.25, 0.3) is 0 Å². The molecule has 0 atom stereocenters. The Morgan fingerprint density at radius 3 is 2.67 bits per heavy atom. The molecule has 2 N–H and O–H groups in total. The predicted octanol–water partition coefficient (Wildman–Crippen LogP) is 3.83. The van der Waals surface area contributed by atoms with Gasteiger partial charge in [0.1, 0.15) is 0 Å². The molecule has 0 radical (unpaired) electrons. The maximum atomic E-state index is 12.2. The van der Waals surface area contributed by atoms with Crippen LogP contribution < -0.4 is 10.1 Å². The zero-order valence-electron chi connectivity index (χ0n) is 14.9. The van der Waals surface area contributed by atoms with E-state index < -0.39 is 0 Å². The van der Waals surface area contributed by atoms with Crippen LogP contribution in [-0.4, -0.2) is 24.2 Å². The average molecular weight is 331 g/mol. The van der Waals surface area contributed by atoms with Crippen molar-refractivity contribution in [3.05, 3.63) is 35.9 Å². The third-order valence-electron chi connectivity index (χ3n) is 4.51. The molecule has 2 rings (SSSR count). The van der Waals surface area contributed by atoms with Crippen molar-refractivity contribution in [3.63, 3.8) is 0 Å². The molecule has 1 aromatic carbocycles. The van der Waals surface area contributed by atoms with E-state index in [-0.39, 0.29) is 17.7 Å². The normalized spacial score (nSPS) is 21.2. The molecule has 1 saturated carbocycles. The summed E-state index contributed by atoms with van der Waals surface area (Å²) in [6.45, 7) is 4.39. The molecule has 4 heteroatoms. The molecular formula is C20H29NO3. The monoisotopic (exact) mass is 331 g/mol. The van der Waals surface area contributed by atoms with E-state index in [0.29, 0.717) is 24.0 Å². The molecule has 4 nitrogen and oxygen atoms in total. The molecule has 1 amide bonds. The third kappa shape index (κ3) is 5.59. The van der Waals surface area contributed by atoms with E-state index in [2.05, 4.69) is 31.3 Å². The van der Waals surface area contributed by atoms with Crippen LogP contribution in [-0.2, 0) is 11.2 Å². The van der Waals surface area contributed by atoms with Gasteiger partial charge in [0.2, 0.25) is 5.91 Å². The number of allylic oxidation sites excluding steroid dienone is 2. The standard InChI is InChI=1S/C20H29NO3/c1-14(2)4-5-15-6-9-17(10-7-15)21-20(23)13-16-8-11-18(22)19(12-16)24-3/h4-5,8,11-12,14-15,17,22H,6-7,9-10,13H2,1-3H3,(H,21,23)/b5-4+/t15-,17+. The smallest absolute Gasteiger partial charge is 0.224 e. The number of benzene rings is 1. The van der Waals surface area contributed by atoms with E-state index in [1.165, 1.54) is 7.11 Å². The van der Waals surface area contributed by atoms with Crippen LogP contribution in [0.4, 0.5) is 0 Å². The first-order chi connectivity index (χ1) is 11.5. The lowest BCUT2D eigenvalue weighted by Crippen LogP contribution is -2.38. The van der Waals surface area contributed by atoms with E-state index in [4.69, 9.17) is 4.74 Å². The van der Waals surface area contributed by atoms with E-state index in [0.717, 1.165) is 31.2 Å². The number of aromatic hydroxyl groups is 1. The molecule has 0 aromatic heterocycles. The molecule has 1 fully saturated rings. The van der Waals surface area contributed by atoms with E-state index >= 15 is 0 Å². The summed E-state index contributed by atoms with van der Waals surface area (Å²) in [5, 5.41) is 12.7. The number of hydrogen-bond donors (Lipinski definition) is 2. The summed E-state index contributed by atoms with van der Waals surface area (Å²) in [5.41, 5.74) is 0.843. The number of phenols is 1. The zero-order chi connectivity index (χ0) is 17.5. The van der Waals surface area contributed by atoms with Gasteiger partial charge in [-0.25, -0.2) is 0 Å². The molecule has 0 spiro atoms. The number of phenolic OH excluding ortho intramolecular Hbond substituents is 1. The SMILES string of the molecule is COc1cc(CC(=O)N[C@H]2CC[C@@H](/C=C/C(C)C)CC2)ccc1O. The molecule has 1 aromatic rings. The van der Waals surface area contributed by atoms with Crippen LogP contribution in [0.5, 0.6) is 11.5 Å². The Balaban J connectivity index is 1.79. The van der Waals surface area contributed by atoms with Gasteiger partial charge < -0.3 is 15.2 Å². The molecule has 0 aliphatic heterocycles. The maximum Gasteiger partial charge on any atom is 0.224 e. The number of amides is 1. The molecule has 24 heavy (non-hydrogen) atoms. The molecule has 1 aliphatic rings. The van der Waals surface area contributed by atoms with Crippen LogP contribution >= 0.6 is 0 Å². The Morgan fingerprint density at radius 1 is 1.33 bits per heavy atom. The van der Waals surface area contributed by atoms with Crippen molar-refractivity contribution in [1.29, 1.82) is 0 Å². The lowest BCUT2D eigenvalue weighted by Gasteiger charge is -2.27. The van der Waals surface area contributed by atoms with Crippen molar-refractivity contribution in [2.24, 2.45) is 11.8 Å². The highest BCUT2D eigenvalue weighted by molar-refractivity contribution is 5.79. The van der Waals surface area contributed by atoms with Crippen LogP contribution in [0.15, 0.2) is 30.4 Å². The Kier molecular flexibility index (Phi) is 6.71. The van der Waals surface area contributed by atoms with Crippen LogP contribution in [0.1, 0.15) is 45.1 Å². The second kappa shape index (κ2) is 8.76. The zero-order valence-corrected chi connectivity index (χ0v) is 14.9. The fourth-order valence-electron chi connectivity index (χ4n) is 3.13. The molecule has 1 aliphatic carbocycles. The van der Waals surface area contributed by atoms with Gasteiger partial charge in [0.15, 0.2) is 11.5 Å². The van der Waals surface area contributed by atoms with Gasteiger partial charge in [0.05, 0.1) is 13.5 Å². The maximum absolute atomic E-state index is 12.2. The fraction of sp³-hybridized carbons (Fsp3) is 0.550. The quantitative estimate of drug-likeness (QED) is 0.779. The summed E-state index contributed by atoms with van der Waals surface area (Å²) >= 11 is 0. The van der Waals surface area contributed by atoms with Gasteiger partial charge in [-0.05, 0) is 55.2 Å². The minimum absolute atomic E-state index is 0.0314.